The molecule has 1 aliphatic carbocycles. The quantitative estimate of drug-likeness (QED) is 0.183. The van der Waals surface area contributed by atoms with Gasteiger partial charge in [-0.25, -0.2) is 14.6 Å². The van der Waals surface area contributed by atoms with Crippen LogP contribution in [0, 0.1) is 12.8 Å². The number of nitrogens with zero attached hydrogens (tertiary/aromatic N) is 4. The fourth-order valence-corrected chi connectivity index (χ4v) is 5.62. The first-order valence-electron chi connectivity index (χ1n) is 14.5. The average Bonchev–Trinajstić information content (AvgIpc) is 3.67. The third kappa shape index (κ3) is 7.62. The number of aryl methyl sites for hydroxylation is 1. The molecule has 1 aliphatic heterocycles. The van der Waals surface area contributed by atoms with Crippen LogP contribution in [0.1, 0.15) is 69.9 Å². The van der Waals surface area contributed by atoms with E-state index in [-0.39, 0.29) is 71.9 Å². The highest BCUT2D eigenvalue weighted by Crippen LogP contribution is 2.34. The number of hydrogen-bond donors (Lipinski definition) is 2. The predicted octanol–water partition coefficient (Wildman–Crippen LogP) is 3.22. The van der Waals surface area contributed by atoms with Crippen LogP contribution in [0.3, 0.4) is 0 Å². The molecule has 0 spiro atoms. The van der Waals surface area contributed by atoms with Gasteiger partial charge in [0.15, 0.2) is 41.2 Å². The molecule has 0 aromatic carbocycles. The molecular formula is C28H34ClN5O11. The fraction of sp³-hybridized carbons (Fsp3) is 0.607. The van der Waals surface area contributed by atoms with Crippen LogP contribution >= 0.6 is 11.6 Å². The molecule has 1 unspecified atom stereocenters. The van der Waals surface area contributed by atoms with Gasteiger partial charge in [0, 0.05) is 0 Å². The minimum atomic E-state index is -1.32. The second-order valence-corrected chi connectivity index (χ2v) is 11.9. The second kappa shape index (κ2) is 13.5. The summed E-state index contributed by atoms with van der Waals surface area (Å²) in [6.45, 7) is 3.90. The summed E-state index contributed by atoms with van der Waals surface area (Å²) in [5.74, 6) is -1.97. The number of amides is 1. The fourth-order valence-electron chi connectivity index (χ4n) is 5.46. The molecule has 2 aliphatic rings. The number of fused-ring (bicyclic) bond motifs is 1. The third-order valence-corrected chi connectivity index (χ3v) is 7.88. The number of nitrogens with one attached hydrogen (secondary N) is 1. The summed E-state index contributed by atoms with van der Waals surface area (Å²) in [6.07, 6.45) is 3.10. The summed E-state index contributed by atoms with van der Waals surface area (Å²) < 4.78 is 33.3. The van der Waals surface area contributed by atoms with E-state index in [4.69, 9.17) is 39.4 Å². The van der Waals surface area contributed by atoms with Crippen molar-refractivity contribution in [3.8, 4) is 0 Å². The summed E-state index contributed by atoms with van der Waals surface area (Å²) in [4.78, 5) is 62.1. The molecule has 45 heavy (non-hydrogen) atoms. The van der Waals surface area contributed by atoms with E-state index < -0.39 is 41.7 Å². The highest BCUT2D eigenvalue weighted by Gasteiger charge is 2.43. The minimum Gasteiger partial charge on any atom is -0.457 e. The lowest BCUT2D eigenvalue weighted by Gasteiger charge is -2.27. The highest BCUT2D eigenvalue weighted by molar-refractivity contribution is 6.28. The van der Waals surface area contributed by atoms with Crippen molar-refractivity contribution in [3.63, 3.8) is 0 Å². The molecule has 2 fully saturated rings. The summed E-state index contributed by atoms with van der Waals surface area (Å²) >= 11 is 6.21. The van der Waals surface area contributed by atoms with Crippen LogP contribution in [0.4, 0.5) is 10.6 Å². The Morgan fingerprint density at radius 2 is 1.93 bits per heavy atom. The van der Waals surface area contributed by atoms with Crippen LogP contribution in [-0.4, -0.2) is 73.7 Å². The van der Waals surface area contributed by atoms with Gasteiger partial charge in [-0.15, -0.1) is 0 Å². The first-order valence-corrected chi connectivity index (χ1v) is 14.9. The van der Waals surface area contributed by atoms with Crippen LogP contribution in [0.5, 0.6) is 0 Å². The molecule has 3 aromatic heterocycles. The molecule has 5 rings (SSSR count). The second-order valence-electron chi connectivity index (χ2n) is 11.6. The molecule has 244 valence electrons. The van der Waals surface area contributed by atoms with Crippen molar-refractivity contribution in [2.75, 3.05) is 18.5 Å². The van der Waals surface area contributed by atoms with Crippen LogP contribution in [0.2, 0.25) is 5.28 Å². The number of aliphatic hydroxyl groups excluding tert-OH is 1. The summed E-state index contributed by atoms with van der Waals surface area (Å²) in [7, 11) is 0. The number of ether oxygens (including phenoxy) is 4. The van der Waals surface area contributed by atoms with Gasteiger partial charge in [0.2, 0.25) is 5.28 Å². The Kier molecular flexibility index (Phi) is 9.74. The lowest BCUT2D eigenvalue weighted by Crippen LogP contribution is -2.37. The molecule has 0 radical (unpaired) electrons. The normalized spacial score (nSPS) is 20.7. The van der Waals surface area contributed by atoms with Crippen molar-refractivity contribution >= 4 is 46.6 Å². The van der Waals surface area contributed by atoms with Crippen LogP contribution in [0.25, 0.3) is 11.2 Å². The van der Waals surface area contributed by atoms with Crippen molar-refractivity contribution in [2.24, 2.45) is 5.92 Å². The largest absolute Gasteiger partial charge is 0.519 e. The molecule has 2 N–H and O–H groups in total. The van der Waals surface area contributed by atoms with Gasteiger partial charge in [0.1, 0.15) is 11.7 Å². The maximum atomic E-state index is 13.0. The zero-order valence-corrected chi connectivity index (χ0v) is 25.7. The molecule has 3 aromatic rings. The Hall–Kier alpha value is -4.02. The molecule has 4 heterocycles. The number of aliphatic hydroxyl groups is 1. The number of imidazole rings is 1. The Morgan fingerprint density at radius 3 is 2.62 bits per heavy atom. The minimum absolute atomic E-state index is 0.0639. The summed E-state index contributed by atoms with van der Waals surface area (Å²) in [5.41, 5.74) is -0.936. The maximum Gasteiger partial charge on any atom is 0.519 e. The van der Waals surface area contributed by atoms with Gasteiger partial charge in [-0.2, -0.15) is 9.97 Å². The van der Waals surface area contributed by atoms with Gasteiger partial charge in [0.05, 0.1) is 37.9 Å². The number of hydrogen-bond acceptors (Lipinski definition) is 14. The number of esters is 2. The van der Waals surface area contributed by atoms with Gasteiger partial charge in [-0.3, -0.25) is 14.9 Å². The van der Waals surface area contributed by atoms with Crippen LogP contribution in [-0.2, 0) is 35.1 Å². The number of carbonyl (C=O) groups is 3. The zero-order chi connectivity index (χ0) is 32.3. The summed E-state index contributed by atoms with van der Waals surface area (Å²) in [5, 5.41) is 12.2. The molecule has 0 bridgehead atoms. The molecule has 17 heteroatoms. The number of carbonyl (C=O) groups excluding carboxylic acids is 3. The molecule has 3 atom stereocenters. The van der Waals surface area contributed by atoms with Crippen molar-refractivity contribution in [3.05, 3.63) is 33.7 Å². The van der Waals surface area contributed by atoms with Crippen molar-refractivity contribution < 1.29 is 47.3 Å². The number of rotatable bonds is 10. The van der Waals surface area contributed by atoms with E-state index in [0.717, 1.165) is 32.1 Å². The van der Waals surface area contributed by atoms with E-state index >= 15 is 0 Å². The highest BCUT2D eigenvalue weighted by atomic mass is 35.5. The molecule has 1 saturated heterocycles. The van der Waals surface area contributed by atoms with Crippen molar-refractivity contribution in [2.45, 2.75) is 89.8 Å². The Morgan fingerprint density at radius 1 is 1.18 bits per heavy atom. The van der Waals surface area contributed by atoms with Gasteiger partial charge in [0.25, 0.3) is 0 Å². The standard InChI is InChI=1S/C28H34ClN5O11/c1-14-18(43-27(39)42-14)12-41-19(36)9-28(2,3)45-26(38)32-22-20-23(33-25(29)31-22)34(13-30-20)16-11-40-17(10-35)21(16)44-24(37)15-7-5-4-6-8-15/h13,15-17,21,35H,4-12H2,1-3H3,(H,31,32,33,38)/t16?,17-,21+/m1/s1. The molecule has 1 amide bonds. The van der Waals surface area contributed by atoms with Gasteiger partial charge >= 0.3 is 23.9 Å². The topological polar surface area (TPSA) is 207 Å². The van der Waals surface area contributed by atoms with Gasteiger partial charge in [-0.1, -0.05) is 19.3 Å². The molecular weight excluding hydrogens is 618 g/mol. The van der Waals surface area contributed by atoms with Crippen molar-refractivity contribution in [1.29, 1.82) is 0 Å². The third-order valence-electron chi connectivity index (χ3n) is 7.71. The van der Waals surface area contributed by atoms with E-state index in [9.17, 15) is 24.3 Å². The number of aromatic nitrogens is 4. The van der Waals surface area contributed by atoms with E-state index in [1.54, 1.807) is 4.57 Å². The van der Waals surface area contributed by atoms with Gasteiger partial charge < -0.3 is 37.5 Å². The predicted molar refractivity (Wildman–Crippen MR) is 153 cm³/mol. The van der Waals surface area contributed by atoms with E-state index in [1.807, 2.05) is 0 Å². The lowest BCUT2D eigenvalue weighted by molar-refractivity contribution is -0.160. The number of anilines is 1. The first-order chi connectivity index (χ1) is 21.4. The SMILES string of the molecule is Cc1oc(=O)oc1COC(=O)CC(C)(C)OC(=O)Nc1nc(Cl)nc2c1ncn2C1CO[C@H](CO)[C@H]1OC(=O)C1CCCCC1. The monoisotopic (exact) mass is 651 g/mol. The molecule has 16 nitrogen and oxygen atoms in total. The van der Waals surface area contributed by atoms with Crippen LogP contribution in [0.15, 0.2) is 20.0 Å². The Balaban J connectivity index is 1.26. The van der Waals surface area contributed by atoms with Crippen molar-refractivity contribution in [1.82, 2.24) is 19.5 Å². The maximum absolute atomic E-state index is 13.0. The molecule has 1 saturated carbocycles. The van der Waals surface area contributed by atoms with Crippen LogP contribution < -0.4 is 11.1 Å². The summed E-state index contributed by atoms with van der Waals surface area (Å²) in [6, 6.07) is -0.589. The Bertz CT molecular complexity index is 1610. The zero-order valence-electron chi connectivity index (χ0n) is 24.9. The first kappa shape index (κ1) is 32.4. The van der Waals surface area contributed by atoms with E-state index in [1.165, 1.54) is 27.1 Å². The number of halogens is 1. The Labute approximate surface area is 261 Å². The lowest BCUT2D eigenvalue weighted by atomic mass is 9.89. The average molecular weight is 652 g/mol. The van der Waals surface area contributed by atoms with E-state index in [2.05, 4.69) is 20.3 Å². The van der Waals surface area contributed by atoms with Gasteiger partial charge in [-0.05, 0) is 45.2 Å². The van der Waals surface area contributed by atoms with E-state index in [0.29, 0.717) is 0 Å². The smallest absolute Gasteiger partial charge is 0.457 e.